The zero-order valence-electron chi connectivity index (χ0n) is 11.5. The number of carbonyl (C=O) groups excluding carboxylic acids is 1. The summed E-state index contributed by atoms with van der Waals surface area (Å²) in [5.74, 6) is 7.00. The van der Waals surface area contributed by atoms with Gasteiger partial charge in [0.05, 0.1) is 7.11 Å². The summed E-state index contributed by atoms with van der Waals surface area (Å²) in [6.07, 6.45) is 7.24. The van der Waals surface area contributed by atoms with E-state index in [1.807, 2.05) is 13.0 Å². The van der Waals surface area contributed by atoms with E-state index in [4.69, 9.17) is 4.74 Å². The Labute approximate surface area is 110 Å². The molecule has 3 heteroatoms. The van der Waals surface area contributed by atoms with Gasteiger partial charge < -0.3 is 9.47 Å². The molecule has 100 valence electrons. The first-order chi connectivity index (χ1) is 8.61. The highest BCUT2D eigenvalue weighted by molar-refractivity contribution is 5.60. The van der Waals surface area contributed by atoms with Crippen LogP contribution < -0.4 is 0 Å². The highest BCUT2D eigenvalue weighted by atomic mass is 16.7. The lowest BCUT2D eigenvalue weighted by Crippen LogP contribution is -2.12. The number of ether oxygens (including phenoxy) is 2. The van der Waals surface area contributed by atoms with Crippen molar-refractivity contribution in [2.75, 3.05) is 7.11 Å². The van der Waals surface area contributed by atoms with E-state index in [-0.39, 0.29) is 6.10 Å². The minimum atomic E-state index is -0.660. The predicted molar refractivity (Wildman–Crippen MR) is 71.1 cm³/mol. The van der Waals surface area contributed by atoms with Crippen LogP contribution in [0.5, 0.6) is 0 Å². The van der Waals surface area contributed by atoms with Crippen molar-refractivity contribution in [3.63, 3.8) is 0 Å². The fraction of sp³-hybridized carbons (Fsp3) is 0.667. The maximum Gasteiger partial charge on any atom is 0.508 e. The Balaban J connectivity index is 2.45. The summed E-state index contributed by atoms with van der Waals surface area (Å²) in [6.45, 7) is 3.73. The summed E-state index contributed by atoms with van der Waals surface area (Å²) < 4.78 is 9.39. The summed E-state index contributed by atoms with van der Waals surface area (Å²) >= 11 is 0. The quantitative estimate of drug-likeness (QED) is 0.554. The van der Waals surface area contributed by atoms with E-state index in [0.717, 1.165) is 5.57 Å². The summed E-state index contributed by atoms with van der Waals surface area (Å²) in [6, 6.07) is 0. The third kappa shape index (κ3) is 5.77. The molecule has 1 aliphatic rings. The van der Waals surface area contributed by atoms with Crippen molar-refractivity contribution in [3.8, 4) is 11.8 Å². The fourth-order valence-corrected chi connectivity index (χ4v) is 2.09. The van der Waals surface area contributed by atoms with Gasteiger partial charge in [-0.05, 0) is 38.3 Å². The van der Waals surface area contributed by atoms with E-state index < -0.39 is 6.16 Å². The van der Waals surface area contributed by atoms with Gasteiger partial charge in [-0.1, -0.05) is 31.1 Å². The molecule has 0 amide bonds. The fourth-order valence-electron chi connectivity index (χ4n) is 2.09. The molecule has 0 saturated heterocycles. The molecule has 0 aromatic rings. The van der Waals surface area contributed by atoms with Crippen molar-refractivity contribution < 1.29 is 14.3 Å². The van der Waals surface area contributed by atoms with E-state index in [1.165, 1.54) is 39.2 Å². The van der Waals surface area contributed by atoms with Crippen LogP contribution >= 0.6 is 0 Å². The Bertz CT molecular complexity index is 354. The summed E-state index contributed by atoms with van der Waals surface area (Å²) in [5.41, 5.74) is 0.942. The number of hydrogen-bond acceptors (Lipinski definition) is 3. The van der Waals surface area contributed by atoms with Gasteiger partial charge in [-0.25, -0.2) is 4.79 Å². The molecule has 0 bridgehead atoms. The van der Waals surface area contributed by atoms with E-state index in [1.54, 1.807) is 6.92 Å². The maximum absolute atomic E-state index is 10.9. The zero-order valence-corrected chi connectivity index (χ0v) is 11.5. The van der Waals surface area contributed by atoms with E-state index in [9.17, 15) is 4.79 Å². The molecular weight excluding hydrogens is 228 g/mol. The van der Waals surface area contributed by atoms with Gasteiger partial charge in [0.1, 0.15) is 6.10 Å². The van der Waals surface area contributed by atoms with Gasteiger partial charge in [0.2, 0.25) is 0 Å². The molecule has 0 heterocycles. The van der Waals surface area contributed by atoms with Crippen LogP contribution in [0.4, 0.5) is 4.79 Å². The number of allylic oxidation sites excluding steroid dienone is 1. The molecule has 0 spiro atoms. The van der Waals surface area contributed by atoms with Crippen molar-refractivity contribution in [2.45, 2.75) is 52.1 Å². The first-order valence-corrected chi connectivity index (χ1v) is 6.56. The third-order valence-electron chi connectivity index (χ3n) is 3.01. The average Bonchev–Trinajstić information content (AvgIpc) is 2.37. The Kier molecular flexibility index (Phi) is 6.35. The van der Waals surface area contributed by atoms with Gasteiger partial charge in [-0.2, -0.15) is 0 Å². The molecule has 18 heavy (non-hydrogen) atoms. The highest BCUT2D eigenvalue weighted by Gasteiger charge is 2.10. The van der Waals surface area contributed by atoms with Crippen LogP contribution in [0.25, 0.3) is 0 Å². The minimum absolute atomic E-state index is 0.307. The van der Waals surface area contributed by atoms with Gasteiger partial charge in [-0.15, -0.1) is 0 Å². The molecule has 0 N–H and O–H groups in total. The zero-order chi connectivity index (χ0) is 13.4. The molecule has 0 radical (unpaired) electrons. The summed E-state index contributed by atoms with van der Waals surface area (Å²) in [5, 5.41) is 0. The average molecular weight is 250 g/mol. The molecular formula is C15H22O3. The smallest absolute Gasteiger partial charge is 0.438 e. The van der Waals surface area contributed by atoms with Crippen molar-refractivity contribution in [3.05, 3.63) is 11.6 Å². The van der Waals surface area contributed by atoms with Crippen LogP contribution in [0.3, 0.4) is 0 Å². The van der Waals surface area contributed by atoms with Gasteiger partial charge in [-0.3, -0.25) is 0 Å². The van der Waals surface area contributed by atoms with Gasteiger partial charge in [0, 0.05) is 5.92 Å². The van der Waals surface area contributed by atoms with Crippen molar-refractivity contribution in [2.24, 2.45) is 5.92 Å². The maximum atomic E-state index is 10.9. The Morgan fingerprint density at radius 1 is 1.33 bits per heavy atom. The molecule has 3 nitrogen and oxygen atoms in total. The van der Waals surface area contributed by atoms with Gasteiger partial charge in [0.15, 0.2) is 0 Å². The van der Waals surface area contributed by atoms with Crippen LogP contribution in [0.15, 0.2) is 11.6 Å². The standard InChI is InChI=1S/C15H22O3/c1-12(11-13(2)18-15(16)17-3)9-10-14-7-5-4-6-8-14/h11,13-14H,4-8H2,1-3H3/b12-11+. The van der Waals surface area contributed by atoms with Crippen molar-refractivity contribution in [1.29, 1.82) is 0 Å². The number of methoxy groups -OCH3 is 1. The molecule has 1 fully saturated rings. The van der Waals surface area contributed by atoms with Crippen molar-refractivity contribution in [1.82, 2.24) is 0 Å². The van der Waals surface area contributed by atoms with Gasteiger partial charge >= 0.3 is 6.16 Å². The molecule has 1 unspecified atom stereocenters. The Morgan fingerprint density at radius 2 is 2.00 bits per heavy atom. The van der Waals surface area contributed by atoms with Crippen LogP contribution in [-0.4, -0.2) is 19.4 Å². The van der Waals surface area contributed by atoms with Crippen molar-refractivity contribution >= 4 is 6.16 Å². The second-order valence-electron chi connectivity index (χ2n) is 4.73. The van der Waals surface area contributed by atoms with Crippen LogP contribution in [0, 0.1) is 17.8 Å². The minimum Gasteiger partial charge on any atom is -0.438 e. The van der Waals surface area contributed by atoms with E-state index >= 15 is 0 Å². The lowest BCUT2D eigenvalue weighted by atomic mass is 9.90. The van der Waals surface area contributed by atoms with Crippen LogP contribution in [0.1, 0.15) is 46.0 Å². The highest BCUT2D eigenvalue weighted by Crippen LogP contribution is 2.22. The van der Waals surface area contributed by atoms with E-state index in [0.29, 0.717) is 5.92 Å². The number of hydrogen-bond donors (Lipinski definition) is 0. The predicted octanol–water partition coefficient (Wildman–Crippen LogP) is 3.69. The molecule has 1 aliphatic carbocycles. The summed E-state index contributed by atoms with van der Waals surface area (Å²) in [7, 11) is 1.30. The second kappa shape index (κ2) is 7.81. The Hall–Kier alpha value is -1.43. The summed E-state index contributed by atoms with van der Waals surface area (Å²) in [4.78, 5) is 10.9. The first-order valence-electron chi connectivity index (χ1n) is 6.56. The first kappa shape index (κ1) is 14.6. The van der Waals surface area contributed by atoms with Crippen LogP contribution in [-0.2, 0) is 9.47 Å². The largest absolute Gasteiger partial charge is 0.508 e. The lowest BCUT2D eigenvalue weighted by molar-refractivity contribution is 0.0577. The normalized spacial score (nSPS) is 18.5. The monoisotopic (exact) mass is 250 g/mol. The lowest BCUT2D eigenvalue weighted by Gasteiger charge is -2.15. The third-order valence-corrected chi connectivity index (χ3v) is 3.01. The number of rotatable bonds is 2. The van der Waals surface area contributed by atoms with E-state index in [2.05, 4.69) is 16.6 Å². The molecule has 1 rings (SSSR count). The second-order valence-corrected chi connectivity index (χ2v) is 4.73. The Morgan fingerprint density at radius 3 is 2.61 bits per heavy atom. The molecule has 1 atom stereocenters. The topological polar surface area (TPSA) is 35.5 Å². The molecule has 0 aliphatic heterocycles. The SMILES string of the molecule is COC(=O)OC(C)/C=C(\C)C#CC1CCCCC1. The van der Waals surface area contributed by atoms with Crippen LogP contribution in [0.2, 0.25) is 0 Å². The number of carbonyl (C=O) groups is 1. The molecule has 1 saturated carbocycles. The van der Waals surface area contributed by atoms with Gasteiger partial charge in [0.25, 0.3) is 0 Å². The molecule has 0 aromatic carbocycles. The molecule has 0 aromatic heterocycles.